The van der Waals surface area contributed by atoms with Crippen molar-refractivity contribution in [2.24, 2.45) is 5.92 Å². The first kappa shape index (κ1) is 15.6. The van der Waals surface area contributed by atoms with E-state index >= 15 is 0 Å². The Morgan fingerprint density at radius 1 is 1.33 bits per heavy atom. The molecule has 1 aromatic rings. The van der Waals surface area contributed by atoms with Crippen LogP contribution in [0.2, 0.25) is 10.0 Å². The number of nitrogens with one attached hydrogen (secondary N) is 1. The van der Waals surface area contributed by atoms with Crippen LogP contribution in [0.25, 0.3) is 0 Å². The van der Waals surface area contributed by atoms with E-state index < -0.39 is 0 Å². The van der Waals surface area contributed by atoms with Crippen LogP contribution in [0.4, 0.5) is 0 Å². The standard InChI is InChI=1S/C17H24Cl2N2/c1-3-14-9-20-17(12-4-5-12)10-21(14)11(2)15-7-6-13(18)8-16(15)19/h6-8,11-12,14,17,20H,3-5,9-10H2,1-2H3. The second-order valence-corrected chi connectivity index (χ2v) is 7.30. The molecule has 1 saturated carbocycles. The van der Waals surface area contributed by atoms with Gasteiger partial charge in [-0.1, -0.05) is 36.2 Å². The average Bonchev–Trinajstić information content (AvgIpc) is 3.30. The van der Waals surface area contributed by atoms with Gasteiger partial charge in [-0.2, -0.15) is 0 Å². The predicted octanol–water partition coefficient (Wildman–Crippen LogP) is 4.52. The third-order valence-corrected chi connectivity index (χ3v) is 5.63. The van der Waals surface area contributed by atoms with Crippen molar-refractivity contribution in [2.75, 3.05) is 13.1 Å². The fraction of sp³-hybridized carbons (Fsp3) is 0.647. The summed E-state index contributed by atoms with van der Waals surface area (Å²) in [7, 11) is 0. The maximum atomic E-state index is 6.42. The minimum atomic E-state index is 0.336. The van der Waals surface area contributed by atoms with E-state index in [1.807, 2.05) is 12.1 Å². The van der Waals surface area contributed by atoms with E-state index in [0.29, 0.717) is 23.1 Å². The highest BCUT2D eigenvalue weighted by molar-refractivity contribution is 6.35. The van der Waals surface area contributed by atoms with Crippen molar-refractivity contribution in [3.63, 3.8) is 0 Å². The summed E-state index contributed by atoms with van der Waals surface area (Å²) in [5.74, 6) is 0.887. The lowest BCUT2D eigenvalue weighted by molar-refractivity contribution is 0.0803. The fourth-order valence-electron chi connectivity index (χ4n) is 3.53. The molecule has 0 amide bonds. The monoisotopic (exact) mass is 326 g/mol. The Morgan fingerprint density at radius 2 is 2.10 bits per heavy atom. The minimum Gasteiger partial charge on any atom is -0.311 e. The highest BCUT2D eigenvalue weighted by Gasteiger charge is 2.38. The van der Waals surface area contributed by atoms with Crippen molar-refractivity contribution >= 4 is 23.2 Å². The van der Waals surface area contributed by atoms with Gasteiger partial charge in [-0.25, -0.2) is 0 Å². The maximum Gasteiger partial charge on any atom is 0.0468 e. The molecule has 1 heterocycles. The summed E-state index contributed by atoms with van der Waals surface area (Å²) in [5.41, 5.74) is 1.19. The van der Waals surface area contributed by atoms with Gasteiger partial charge in [-0.05, 0) is 49.8 Å². The highest BCUT2D eigenvalue weighted by atomic mass is 35.5. The summed E-state index contributed by atoms with van der Waals surface area (Å²) in [5, 5.41) is 5.24. The third-order valence-electron chi connectivity index (χ3n) is 5.06. The summed E-state index contributed by atoms with van der Waals surface area (Å²) in [6.45, 7) is 6.76. The zero-order chi connectivity index (χ0) is 15.0. The summed E-state index contributed by atoms with van der Waals surface area (Å²) in [6.07, 6.45) is 3.94. The van der Waals surface area contributed by atoms with Gasteiger partial charge in [0.25, 0.3) is 0 Å². The molecule has 116 valence electrons. The fourth-order valence-corrected chi connectivity index (χ4v) is 4.10. The van der Waals surface area contributed by atoms with E-state index in [4.69, 9.17) is 23.2 Å². The van der Waals surface area contributed by atoms with Gasteiger partial charge in [-0.3, -0.25) is 4.90 Å². The lowest BCUT2D eigenvalue weighted by Crippen LogP contribution is -2.57. The van der Waals surface area contributed by atoms with E-state index in [0.717, 1.165) is 24.0 Å². The Hall–Kier alpha value is -0.280. The Bertz CT molecular complexity index is 502. The Labute approximate surface area is 137 Å². The van der Waals surface area contributed by atoms with Crippen molar-refractivity contribution in [3.8, 4) is 0 Å². The van der Waals surface area contributed by atoms with E-state index in [1.165, 1.54) is 24.8 Å². The van der Waals surface area contributed by atoms with Crippen LogP contribution >= 0.6 is 23.2 Å². The van der Waals surface area contributed by atoms with Crippen LogP contribution in [0.15, 0.2) is 18.2 Å². The lowest BCUT2D eigenvalue weighted by atomic mass is 9.98. The van der Waals surface area contributed by atoms with Crippen molar-refractivity contribution < 1.29 is 0 Å². The van der Waals surface area contributed by atoms with Crippen LogP contribution in [-0.2, 0) is 0 Å². The molecule has 1 aromatic carbocycles. The van der Waals surface area contributed by atoms with Crippen LogP contribution in [-0.4, -0.2) is 30.1 Å². The Balaban J connectivity index is 1.80. The number of nitrogens with zero attached hydrogens (tertiary/aromatic N) is 1. The van der Waals surface area contributed by atoms with Crippen LogP contribution in [0.5, 0.6) is 0 Å². The van der Waals surface area contributed by atoms with Crippen molar-refractivity contribution in [1.82, 2.24) is 10.2 Å². The van der Waals surface area contributed by atoms with Gasteiger partial charge in [0.1, 0.15) is 0 Å². The normalized spacial score (nSPS) is 28.6. The maximum absolute atomic E-state index is 6.42. The molecule has 2 fully saturated rings. The van der Waals surface area contributed by atoms with Crippen molar-refractivity contribution in [3.05, 3.63) is 33.8 Å². The van der Waals surface area contributed by atoms with Gasteiger partial charge < -0.3 is 5.32 Å². The molecular weight excluding hydrogens is 303 g/mol. The van der Waals surface area contributed by atoms with Crippen LogP contribution < -0.4 is 5.32 Å². The molecule has 3 atom stereocenters. The first-order valence-electron chi connectivity index (χ1n) is 8.04. The molecule has 2 aliphatic rings. The highest BCUT2D eigenvalue weighted by Crippen LogP contribution is 2.37. The lowest BCUT2D eigenvalue weighted by Gasteiger charge is -2.44. The van der Waals surface area contributed by atoms with Crippen LogP contribution in [0.3, 0.4) is 0 Å². The molecule has 4 heteroatoms. The smallest absolute Gasteiger partial charge is 0.0468 e. The van der Waals surface area contributed by atoms with Gasteiger partial charge in [0.2, 0.25) is 0 Å². The summed E-state index contributed by atoms with van der Waals surface area (Å²) in [4.78, 5) is 2.63. The van der Waals surface area contributed by atoms with Gasteiger partial charge in [0.05, 0.1) is 0 Å². The Morgan fingerprint density at radius 3 is 2.71 bits per heavy atom. The molecule has 0 bridgehead atoms. The molecule has 3 unspecified atom stereocenters. The number of hydrogen-bond acceptors (Lipinski definition) is 2. The van der Waals surface area contributed by atoms with Crippen molar-refractivity contribution in [1.29, 1.82) is 0 Å². The van der Waals surface area contributed by atoms with Gasteiger partial charge in [-0.15, -0.1) is 0 Å². The molecule has 1 N–H and O–H groups in total. The number of halogens is 2. The first-order chi connectivity index (χ1) is 10.1. The van der Waals surface area contributed by atoms with Crippen molar-refractivity contribution in [2.45, 2.75) is 51.2 Å². The van der Waals surface area contributed by atoms with E-state index in [9.17, 15) is 0 Å². The number of hydrogen-bond donors (Lipinski definition) is 1. The molecule has 3 rings (SSSR count). The SMILES string of the molecule is CCC1CNC(C2CC2)CN1C(C)c1ccc(Cl)cc1Cl. The molecule has 0 radical (unpaired) electrons. The molecule has 0 spiro atoms. The van der Waals surface area contributed by atoms with E-state index in [2.05, 4.69) is 30.1 Å². The van der Waals surface area contributed by atoms with Crippen LogP contribution in [0, 0.1) is 5.92 Å². The predicted molar refractivity (Wildman–Crippen MR) is 90.2 cm³/mol. The zero-order valence-electron chi connectivity index (χ0n) is 12.8. The molecular formula is C17H24Cl2N2. The second kappa shape index (κ2) is 6.45. The molecule has 21 heavy (non-hydrogen) atoms. The summed E-state index contributed by atoms with van der Waals surface area (Å²) >= 11 is 12.4. The van der Waals surface area contributed by atoms with E-state index in [-0.39, 0.29) is 0 Å². The topological polar surface area (TPSA) is 15.3 Å². The van der Waals surface area contributed by atoms with Gasteiger partial charge >= 0.3 is 0 Å². The summed E-state index contributed by atoms with van der Waals surface area (Å²) < 4.78 is 0. The molecule has 1 aliphatic carbocycles. The molecule has 0 aromatic heterocycles. The third kappa shape index (κ3) is 3.39. The summed E-state index contributed by atoms with van der Waals surface area (Å²) in [6, 6.07) is 7.46. The molecule has 2 nitrogen and oxygen atoms in total. The number of benzene rings is 1. The Kier molecular flexibility index (Phi) is 4.80. The van der Waals surface area contributed by atoms with E-state index in [1.54, 1.807) is 0 Å². The molecule has 1 aliphatic heterocycles. The molecule has 1 saturated heterocycles. The first-order valence-corrected chi connectivity index (χ1v) is 8.79. The average molecular weight is 327 g/mol. The largest absolute Gasteiger partial charge is 0.311 e. The van der Waals surface area contributed by atoms with Gasteiger partial charge in [0.15, 0.2) is 0 Å². The zero-order valence-corrected chi connectivity index (χ0v) is 14.3. The second-order valence-electron chi connectivity index (χ2n) is 6.45. The number of piperazine rings is 1. The quantitative estimate of drug-likeness (QED) is 0.875. The minimum absolute atomic E-state index is 0.336. The van der Waals surface area contributed by atoms with Crippen LogP contribution in [0.1, 0.15) is 44.7 Å². The number of rotatable bonds is 4. The van der Waals surface area contributed by atoms with Gasteiger partial charge in [0, 0.05) is 41.3 Å².